The number of nitrogens with zero attached hydrogens (tertiary/aromatic N) is 4. The number of para-hydroxylation sites is 1. The van der Waals surface area contributed by atoms with Crippen LogP contribution in [-0.4, -0.2) is 36.3 Å². The number of rotatable bonds is 3. The fraction of sp³-hybridized carbons (Fsp3) is 0.176. The van der Waals surface area contributed by atoms with E-state index in [1.165, 1.54) is 11.3 Å². The Hall–Kier alpha value is -3.00. The van der Waals surface area contributed by atoms with Gasteiger partial charge in [0.1, 0.15) is 5.69 Å². The molecule has 1 aromatic carbocycles. The number of nitrogens with one attached hydrogen (secondary N) is 3. The molecule has 25 heavy (non-hydrogen) atoms. The Kier molecular flexibility index (Phi) is 3.17. The molecule has 0 fully saturated rings. The Morgan fingerprint density at radius 2 is 2.08 bits per heavy atom. The first-order valence-electron chi connectivity index (χ1n) is 8.15. The maximum absolute atomic E-state index is 5.35. The standard InChI is InChI=1S/C17H15N7S/c25-17-23-22-16(15-12-5-3-7-14(12)20-21-15)24(17)19-9-10-8-18-13-6-2-1-4-11(10)13/h1-2,4,6,8-9,18H,3,5,7H2,(H,20,21)(H,23,25). The van der Waals surface area contributed by atoms with E-state index in [1.54, 1.807) is 10.9 Å². The van der Waals surface area contributed by atoms with Gasteiger partial charge in [0, 0.05) is 33.9 Å². The lowest BCUT2D eigenvalue weighted by Gasteiger charge is -1.99. The lowest BCUT2D eigenvalue weighted by atomic mass is 10.2. The van der Waals surface area contributed by atoms with Gasteiger partial charge in [0.25, 0.3) is 0 Å². The van der Waals surface area contributed by atoms with Gasteiger partial charge in [0.2, 0.25) is 10.6 Å². The third-order valence-corrected chi connectivity index (χ3v) is 4.87. The molecule has 8 heteroatoms. The maximum atomic E-state index is 5.35. The number of aromatic amines is 3. The van der Waals surface area contributed by atoms with Crippen LogP contribution in [0.2, 0.25) is 0 Å². The maximum Gasteiger partial charge on any atom is 0.216 e. The van der Waals surface area contributed by atoms with Gasteiger partial charge in [-0.3, -0.25) is 5.10 Å². The molecule has 1 aliphatic rings. The Morgan fingerprint density at radius 1 is 1.16 bits per heavy atom. The van der Waals surface area contributed by atoms with E-state index < -0.39 is 0 Å². The summed E-state index contributed by atoms with van der Waals surface area (Å²) in [4.78, 5) is 3.24. The average Bonchev–Trinajstić information content (AvgIpc) is 3.37. The van der Waals surface area contributed by atoms with E-state index in [0.29, 0.717) is 10.6 Å². The van der Waals surface area contributed by atoms with Gasteiger partial charge in [0.05, 0.1) is 6.21 Å². The highest BCUT2D eigenvalue weighted by atomic mass is 32.1. The molecule has 0 unspecified atom stereocenters. The number of benzene rings is 1. The first-order chi connectivity index (χ1) is 12.3. The molecule has 4 aromatic rings. The molecule has 5 rings (SSSR count). The molecular weight excluding hydrogens is 334 g/mol. The average molecular weight is 349 g/mol. The van der Waals surface area contributed by atoms with Gasteiger partial charge in [-0.05, 0) is 37.5 Å². The van der Waals surface area contributed by atoms with E-state index in [0.717, 1.165) is 41.4 Å². The van der Waals surface area contributed by atoms with Crippen molar-refractivity contribution in [1.82, 2.24) is 30.1 Å². The summed E-state index contributed by atoms with van der Waals surface area (Å²) in [6.07, 6.45) is 6.91. The molecule has 3 heterocycles. The van der Waals surface area contributed by atoms with Crippen LogP contribution in [0.4, 0.5) is 0 Å². The minimum Gasteiger partial charge on any atom is -0.361 e. The Labute approximate surface area is 147 Å². The van der Waals surface area contributed by atoms with E-state index in [4.69, 9.17) is 12.2 Å². The molecule has 0 saturated heterocycles. The van der Waals surface area contributed by atoms with Gasteiger partial charge >= 0.3 is 0 Å². The summed E-state index contributed by atoms with van der Waals surface area (Å²) in [6, 6.07) is 8.11. The lowest BCUT2D eigenvalue weighted by Crippen LogP contribution is -1.97. The monoisotopic (exact) mass is 349 g/mol. The molecule has 1 aliphatic carbocycles. The van der Waals surface area contributed by atoms with Crippen molar-refractivity contribution in [1.29, 1.82) is 0 Å². The van der Waals surface area contributed by atoms with Crippen molar-refractivity contribution < 1.29 is 0 Å². The molecule has 0 aliphatic heterocycles. The summed E-state index contributed by atoms with van der Waals surface area (Å²) in [5, 5.41) is 20.4. The fourth-order valence-electron chi connectivity index (χ4n) is 3.38. The second kappa shape index (κ2) is 5.52. The minimum atomic E-state index is 0.445. The molecule has 3 N–H and O–H groups in total. The van der Waals surface area contributed by atoms with Gasteiger partial charge in [-0.1, -0.05) is 18.2 Å². The number of aryl methyl sites for hydroxylation is 1. The summed E-state index contributed by atoms with van der Waals surface area (Å²) in [6.45, 7) is 0. The largest absolute Gasteiger partial charge is 0.361 e. The molecule has 0 atom stereocenters. The molecule has 0 bridgehead atoms. The van der Waals surface area contributed by atoms with Crippen molar-refractivity contribution in [2.24, 2.45) is 5.10 Å². The van der Waals surface area contributed by atoms with E-state index in [1.807, 2.05) is 24.4 Å². The summed E-state index contributed by atoms with van der Waals surface area (Å²) < 4.78 is 2.08. The van der Waals surface area contributed by atoms with Crippen LogP contribution in [0.5, 0.6) is 0 Å². The van der Waals surface area contributed by atoms with Crippen LogP contribution in [0.3, 0.4) is 0 Å². The number of hydrogen-bond donors (Lipinski definition) is 3. The Morgan fingerprint density at radius 3 is 3.04 bits per heavy atom. The second-order valence-corrected chi connectivity index (χ2v) is 6.47. The van der Waals surface area contributed by atoms with Crippen LogP contribution < -0.4 is 0 Å². The second-order valence-electron chi connectivity index (χ2n) is 6.08. The van der Waals surface area contributed by atoms with Crippen molar-refractivity contribution in [3.63, 3.8) is 0 Å². The van der Waals surface area contributed by atoms with Gasteiger partial charge < -0.3 is 4.98 Å². The van der Waals surface area contributed by atoms with Gasteiger partial charge in [0.15, 0.2) is 0 Å². The molecule has 3 aromatic heterocycles. The zero-order valence-corrected chi connectivity index (χ0v) is 14.1. The third kappa shape index (κ3) is 2.25. The van der Waals surface area contributed by atoms with Crippen LogP contribution in [0, 0.1) is 4.77 Å². The van der Waals surface area contributed by atoms with Crippen molar-refractivity contribution in [2.45, 2.75) is 19.3 Å². The molecule has 0 saturated carbocycles. The molecule has 0 spiro atoms. The molecule has 7 nitrogen and oxygen atoms in total. The van der Waals surface area contributed by atoms with Crippen LogP contribution in [0.25, 0.3) is 22.4 Å². The van der Waals surface area contributed by atoms with Crippen LogP contribution >= 0.6 is 12.2 Å². The van der Waals surface area contributed by atoms with E-state index in [9.17, 15) is 0 Å². The summed E-state index contributed by atoms with van der Waals surface area (Å²) >= 11 is 5.35. The highest BCUT2D eigenvalue weighted by Gasteiger charge is 2.23. The lowest BCUT2D eigenvalue weighted by molar-refractivity contribution is 0.844. The number of fused-ring (bicyclic) bond motifs is 2. The summed E-state index contributed by atoms with van der Waals surface area (Å²) in [5.74, 6) is 0.639. The molecule has 124 valence electrons. The van der Waals surface area contributed by atoms with Crippen molar-refractivity contribution in [3.05, 3.63) is 52.1 Å². The summed E-state index contributed by atoms with van der Waals surface area (Å²) in [5.41, 5.74) is 5.31. The Bertz CT molecular complexity index is 1160. The minimum absolute atomic E-state index is 0.445. The van der Waals surface area contributed by atoms with Crippen LogP contribution in [-0.2, 0) is 12.8 Å². The first kappa shape index (κ1) is 14.4. The Balaban J connectivity index is 1.59. The van der Waals surface area contributed by atoms with Crippen molar-refractivity contribution in [3.8, 4) is 11.5 Å². The number of aromatic nitrogens is 6. The van der Waals surface area contributed by atoms with Crippen molar-refractivity contribution >= 4 is 29.3 Å². The first-order valence-corrected chi connectivity index (χ1v) is 8.56. The zero-order valence-electron chi connectivity index (χ0n) is 13.3. The van der Waals surface area contributed by atoms with Gasteiger partial charge in [-0.15, -0.1) is 0 Å². The molecule has 0 amide bonds. The number of H-pyrrole nitrogens is 3. The smallest absolute Gasteiger partial charge is 0.216 e. The predicted octanol–water partition coefficient (Wildman–Crippen LogP) is 3.18. The fourth-order valence-corrected chi connectivity index (χ4v) is 3.56. The van der Waals surface area contributed by atoms with E-state index in [-0.39, 0.29) is 0 Å². The van der Waals surface area contributed by atoms with E-state index >= 15 is 0 Å². The van der Waals surface area contributed by atoms with E-state index in [2.05, 4.69) is 36.5 Å². The molecular formula is C17H15N7S. The topological polar surface area (TPSA) is 90.4 Å². The highest BCUT2D eigenvalue weighted by Crippen LogP contribution is 2.29. The SMILES string of the molecule is S=c1[nH]nc(-c2n[nH]c3c2CCC3)n1N=Cc1c[nH]c2ccccc12. The third-order valence-electron chi connectivity index (χ3n) is 4.60. The van der Waals surface area contributed by atoms with Gasteiger partial charge in [-0.25, -0.2) is 5.10 Å². The highest BCUT2D eigenvalue weighted by molar-refractivity contribution is 7.71. The quantitative estimate of drug-likeness (QED) is 0.392. The van der Waals surface area contributed by atoms with Crippen LogP contribution in [0.15, 0.2) is 35.6 Å². The normalized spacial score (nSPS) is 13.9. The van der Waals surface area contributed by atoms with Crippen molar-refractivity contribution in [2.75, 3.05) is 0 Å². The van der Waals surface area contributed by atoms with Gasteiger partial charge in [-0.2, -0.15) is 20.0 Å². The summed E-state index contributed by atoms with van der Waals surface area (Å²) in [7, 11) is 0. The number of hydrogen-bond acceptors (Lipinski definition) is 4. The predicted molar refractivity (Wildman–Crippen MR) is 98.3 cm³/mol. The van der Waals surface area contributed by atoms with Crippen LogP contribution in [0.1, 0.15) is 23.2 Å². The zero-order chi connectivity index (χ0) is 16.8. The molecule has 0 radical (unpaired) electrons.